The number of likely N-dealkylation sites (tertiary alicyclic amines) is 1. The maximum absolute atomic E-state index is 12.8. The number of carbonyl (C=O) groups is 3. The molecule has 1 heterocycles. The monoisotopic (exact) mass is 385 g/mol. The molecule has 2 amide bonds. The van der Waals surface area contributed by atoms with Gasteiger partial charge in [-0.1, -0.05) is 42.0 Å². The van der Waals surface area contributed by atoms with Gasteiger partial charge in [0.15, 0.2) is 0 Å². The van der Waals surface area contributed by atoms with Crippen molar-refractivity contribution in [1.82, 2.24) is 4.90 Å². The second kappa shape index (κ2) is 6.20. The van der Waals surface area contributed by atoms with Gasteiger partial charge in [0, 0.05) is 17.1 Å². The largest absolute Gasteiger partial charge is 0.461 e. The van der Waals surface area contributed by atoms with E-state index in [-0.39, 0.29) is 55.1 Å². The van der Waals surface area contributed by atoms with E-state index >= 15 is 0 Å². The van der Waals surface area contributed by atoms with Crippen LogP contribution in [0.4, 0.5) is 0 Å². The highest BCUT2D eigenvalue weighted by atomic mass is 35.5. The molecule has 5 nitrogen and oxygen atoms in total. The molecule has 4 aliphatic carbocycles. The van der Waals surface area contributed by atoms with Crippen molar-refractivity contribution in [1.29, 1.82) is 0 Å². The van der Waals surface area contributed by atoms with E-state index in [0.29, 0.717) is 16.9 Å². The molecule has 0 N–H and O–H groups in total. The van der Waals surface area contributed by atoms with Crippen LogP contribution >= 0.6 is 11.6 Å². The van der Waals surface area contributed by atoms with Crippen molar-refractivity contribution in [3.8, 4) is 0 Å². The molecule has 0 radical (unpaired) electrons. The molecule has 3 fully saturated rings. The third-order valence-corrected chi connectivity index (χ3v) is 7.01. The van der Waals surface area contributed by atoms with Crippen molar-refractivity contribution in [3.63, 3.8) is 0 Å². The third kappa shape index (κ3) is 2.63. The van der Waals surface area contributed by atoms with Gasteiger partial charge in [0.05, 0.1) is 18.3 Å². The molecule has 0 spiro atoms. The first kappa shape index (κ1) is 17.0. The number of carbonyl (C=O) groups excluding carboxylic acids is 3. The molecule has 140 valence electrons. The lowest BCUT2D eigenvalue weighted by Gasteiger charge is -2.37. The number of amides is 2. The molecule has 1 saturated heterocycles. The number of ether oxygens (including phenoxy) is 1. The van der Waals surface area contributed by atoms with Crippen molar-refractivity contribution in [2.45, 2.75) is 19.4 Å². The normalized spacial score (nSPS) is 35.2. The van der Waals surface area contributed by atoms with Gasteiger partial charge in [0.2, 0.25) is 11.8 Å². The van der Waals surface area contributed by atoms with Crippen LogP contribution in [-0.2, 0) is 25.7 Å². The van der Waals surface area contributed by atoms with Crippen molar-refractivity contribution < 1.29 is 19.1 Å². The van der Waals surface area contributed by atoms with Gasteiger partial charge < -0.3 is 4.74 Å². The third-order valence-electron chi connectivity index (χ3n) is 6.64. The van der Waals surface area contributed by atoms with E-state index in [9.17, 15) is 14.4 Å². The minimum Gasteiger partial charge on any atom is -0.461 e. The van der Waals surface area contributed by atoms with Gasteiger partial charge in [0.1, 0.15) is 6.61 Å². The minimum atomic E-state index is -0.436. The van der Waals surface area contributed by atoms with Crippen LogP contribution in [0.5, 0.6) is 0 Å². The lowest BCUT2D eigenvalue weighted by Crippen LogP contribution is -2.40. The lowest BCUT2D eigenvalue weighted by molar-refractivity contribution is -0.146. The van der Waals surface area contributed by atoms with Gasteiger partial charge in [-0.25, -0.2) is 0 Å². The maximum Gasteiger partial charge on any atom is 0.307 e. The summed E-state index contributed by atoms with van der Waals surface area (Å²) in [4.78, 5) is 39.1. The highest BCUT2D eigenvalue weighted by molar-refractivity contribution is 6.31. The first-order valence-electron chi connectivity index (χ1n) is 9.49. The first-order chi connectivity index (χ1) is 13.1. The smallest absolute Gasteiger partial charge is 0.307 e. The molecule has 1 aliphatic heterocycles. The van der Waals surface area contributed by atoms with E-state index in [2.05, 4.69) is 12.2 Å². The summed E-state index contributed by atoms with van der Waals surface area (Å²) >= 11 is 6.05. The second-order valence-electron chi connectivity index (χ2n) is 7.98. The van der Waals surface area contributed by atoms with Crippen LogP contribution in [0.3, 0.4) is 0 Å². The van der Waals surface area contributed by atoms with Crippen molar-refractivity contribution >= 4 is 29.4 Å². The number of benzene rings is 1. The fourth-order valence-electron chi connectivity index (χ4n) is 5.29. The van der Waals surface area contributed by atoms with E-state index < -0.39 is 5.97 Å². The molecule has 0 aromatic heterocycles. The summed E-state index contributed by atoms with van der Waals surface area (Å²) < 4.78 is 5.25. The molecular formula is C21H20ClNO4. The molecule has 6 rings (SSSR count). The van der Waals surface area contributed by atoms with Crippen LogP contribution in [0.2, 0.25) is 5.02 Å². The summed E-state index contributed by atoms with van der Waals surface area (Å²) in [7, 11) is 0. The van der Waals surface area contributed by atoms with Crippen LogP contribution in [0.1, 0.15) is 18.4 Å². The van der Waals surface area contributed by atoms with Crippen LogP contribution < -0.4 is 0 Å². The molecule has 0 unspecified atom stereocenters. The Kier molecular flexibility index (Phi) is 3.90. The van der Waals surface area contributed by atoms with Crippen molar-refractivity contribution in [3.05, 3.63) is 47.0 Å². The minimum absolute atomic E-state index is 0.0109. The molecule has 6 atom stereocenters. The Morgan fingerprint density at radius 1 is 1.07 bits per heavy atom. The van der Waals surface area contributed by atoms with E-state index in [4.69, 9.17) is 16.3 Å². The Bertz CT molecular complexity index is 829. The number of hydrogen-bond acceptors (Lipinski definition) is 4. The fraction of sp³-hybridized carbons (Fsp3) is 0.476. The summed E-state index contributed by atoms with van der Waals surface area (Å²) in [5.74, 6) is 0.511. The first-order valence-corrected chi connectivity index (χ1v) is 9.86. The SMILES string of the molecule is O=C(CCN1C(=O)[C@@H]2[C@H]3C=C[C@@H]([C@@H]4C[C@@H]34)[C@H]2C1=O)OCc1ccccc1Cl. The summed E-state index contributed by atoms with van der Waals surface area (Å²) in [6.45, 7) is 0.184. The quantitative estimate of drug-likeness (QED) is 0.444. The fourth-order valence-corrected chi connectivity index (χ4v) is 5.48. The van der Waals surface area contributed by atoms with Gasteiger partial charge in [-0.05, 0) is 36.2 Å². The number of halogens is 1. The highest BCUT2D eigenvalue weighted by Gasteiger charge is 2.66. The number of nitrogens with zero attached hydrogens (tertiary/aromatic N) is 1. The Morgan fingerprint density at radius 2 is 1.70 bits per heavy atom. The molecule has 1 aromatic carbocycles. The Balaban J connectivity index is 1.20. The molecule has 2 bridgehead atoms. The number of esters is 1. The van der Waals surface area contributed by atoms with Gasteiger partial charge in [-0.3, -0.25) is 19.3 Å². The number of hydrogen-bond donors (Lipinski definition) is 0. The predicted octanol–water partition coefficient (Wildman–Crippen LogP) is 2.83. The molecule has 6 heteroatoms. The summed E-state index contributed by atoms with van der Waals surface area (Å²) in [6.07, 6.45) is 5.44. The number of rotatable bonds is 5. The maximum atomic E-state index is 12.8. The number of allylic oxidation sites excluding steroid dienone is 2. The Morgan fingerprint density at radius 3 is 2.33 bits per heavy atom. The van der Waals surface area contributed by atoms with Gasteiger partial charge >= 0.3 is 5.97 Å². The highest BCUT2D eigenvalue weighted by Crippen LogP contribution is 2.65. The van der Waals surface area contributed by atoms with E-state index in [1.54, 1.807) is 12.1 Å². The lowest BCUT2D eigenvalue weighted by atomic mass is 9.63. The number of imide groups is 1. The Labute approximate surface area is 162 Å². The molecule has 1 aromatic rings. The van der Waals surface area contributed by atoms with Gasteiger partial charge in [0.25, 0.3) is 0 Å². The average Bonchev–Trinajstić information content (AvgIpc) is 3.45. The van der Waals surface area contributed by atoms with Crippen LogP contribution in [0.25, 0.3) is 0 Å². The summed E-state index contributed by atoms with van der Waals surface area (Å²) in [5, 5.41) is 0.542. The van der Waals surface area contributed by atoms with Crippen molar-refractivity contribution in [2.75, 3.05) is 6.54 Å². The zero-order valence-corrected chi connectivity index (χ0v) is 15.5. The van der Waals surface area contributed by atoms with Gasteiger partial charge in [-0.15, -0.1) is 0 Å². The Hall–Kier alpha value is -2.14. The predicted molar refractivity (Wildman–Crippen MR) is 97.3 cm³/mol. The second-order valence-corrected chi connectivity index (χ2v) is 8.39. The summed E-state index contributed by atoms with van der Waals surface area (Å²) in [6, 6.07) is 7.16. The van der Waals surface area contributed by atoms with Gasteiger partial charge in [-0.2, -0.15) is 0 Å². The van der Waals surface area contributed by atoms with Crippen LogP contribution in [-0.4, -0.2) is 29.2 Å². The average molecular weight is 386 g/mol. The molecular weight excluding hydrogens is 366 g/mol. The standard InChI is InChI=1S/C21H20ClNO4/c22-16-4-2-1-3-11(16)10-27-17(24)7-8-23-20(25)18-12-5-6-13(15-9-14(12)15)19(18)21(23)26/h1-6,12-15,18-19H,7-10H2/t12-,13-,14-,15-,18+,19+/m0/s1. The van der Waals surface area contributed by atoms with E-state index in [0.717, 1.165) is 12.0 Å². The topological polar surface area (TPSA) is 63.7 Å². The van der Waals surface area contributed by atoms with E-state index in [1.165, 1.54) is 4.90 Å². The zero-order chi connectivity index (χ0) is 18.7. The van der Waals surface area contributed by atoms with E-state index in [1.807, 2.05) is 12.1 Å². The van der Waals surface area contributed by atoms with Crippen LogP contribution in [0.15, 0.2) is 36.4 Å². The molecule has 27 heavy (non-hydrogen) atoms. The zero-order valence-electron chi connectivity index (χ0n) is 14.7. The summed E-state index contributed by atoms with van der Waals surface area (Å²) in [5.41, 5.74) is 0.730. The van der Waals surface area contributed by atoms with Crippen molar-refractivity contribution in [2.24, 2.45) is 35.5 Å². The molecule has 5 aliphatic rings. The van der Waals surface area contributed by atoms with Crippen LogP contribution in [0, 0.1) is 35.5 Å². The molecule has 2 saturated carbocycles.